The van der Waals surface area contributed by atoms with Crippen molar-refractivity contribution in [2.75, 3.05) is 18.0 Å². The van der Waals surface area contributed by atoms with Gasteiger partial charge in [-0.3, -0.25) is 14.9 Å². The van der Waals surface area contributed by atoms with E-state index >= 15 is 0 Å². The van der Waals surface area contributed by atoms with Gasteiger partial charge in [0.2, 0.25) is 5.91 Å². The lowest BCUT2D eigenvalue weighted by atomic mass is 10.2. The van der Waals surface area contributed by atoms with Crippen molar-refractivity contribution < 1.29 is 14.5 Å². The molecule has 1 aliphatic heterocycles. The van der Waals surface area contributed by atoms with E-state index in [4.69, 9.17) is 4.74 Å². The predicted molar refractivity (Wildman–Crippen MR) is 117 cm³/mol. The molecule has 1 saturated heterocycles. The standard InChI is InChI=1S/C21H26N4O4S/c1-14-12-24(13-15(2)29-14)20-9-4-17(10-22-20)11-23-21(26)16(3)30-19-7-5-18(6-8-19)25(27)28/h4-10,14-16H,11-13H2,1-3H3,(H,23,26). The number of nitrogens with zero attached hydrogens (tertiary/aromatic N) is 3. The van der Waals surface area contributed by atoms with Gasteiger partial charge in [-0.25, -0.2) is 4.98 Å². The number of carbonyl (C=O) groups is 1. The van der Waals surface area contributed by atoms with E-state index in [0.717, 1.165) is 29.4 Å². The molecule has 9 heteroatoms. The zero-order chi connectivity index (χ0) is 21.7. The second-order valence-electron chi connectivity index (χ2n) is 7.42. The number of nitrogens with one attached hydrogen (secondary N) is 1. The smallest absolute Gasteiger partial charge is 0.269 e. The van der Waals surface area contributed by atoms with Gasteiger partial charge in [0.1, 0.15) is 5.82 Å². The van der Waals surface area contributed by atoms with E-state index in [1.54, 1.807) is 18.3 Å². The van der Waals surface area contributed by atoms with Gasteiger partial charge in [-0.2, -0.15) is 0 Å². The highest BCUT2D eigenvalue weighted by Gasteiger charge is 2.23. The summed E-state index contributed by atoms with van der Waals surface area (Å²) in [5.74, 6) is 0.812. The number of ether oxygens (including phenoxy) is 1. The van der Waals surface area contributed by atoms with Crippen LogP contribution < -0.4 is 10.2 Å². The maximum Gasteiger partial charge on any atom is 0.269 e. The summed E-state index contributed by atoms with van der Waals surface area (Å²) < 4.78 is 5.76. The molecule has 0 spiro atoms. The number of nitro benzene ring substituents is 1. The molecule has 3 rings (SSSR count). The van der Waals surface area contributed by atoms with Gasteiger partial charge in [0, 0.05) is 42.9 Å². The number of non-ortho nitro benzene ring substituents is 1. The van der Waals surface area contributed by atoms with Crippen molar-refractivity contribution in [2.24, 2.45) is 0 Å². The van der Waals surface area contributed by atoms with Gasteiger partial charge in [-0.05, 0) is 44.5 Å². The minimum absolute atomic E-state index is 0.0356. The highest BCUT2D eigenvalue weighted by atomic mass is 32.2. The third-order valence-corrected chi connectivity index (χ3v) is 5.86. The van der Waals surface area contributed by atoms with E-state index in [1.807, 2.05) is 19.1 Å². The van der Waals surface area contributed by atoms with Crippen LogP contribution in [-0.4, -0.2) is 46.4 Å². The molecule has 0 radical (unpaired) electrons. The predicted octanol–water partition coefficient (Wildman–Crippen LogP) is 3.40. The summed E-state index contributed by atoms with van der Waals surface area (Å²) >= 11 is 1.36. The first-order valence-electron chi connectivity index (χ1n) is 9.86. The van der Waals surface area contributed by atoms with Crippen LogP contribution in [0.25, 0.3) is 0 Å². The molecule has 160 valence electrons. The number of hydrogen-bond donors (Lipinski definition) is 1. The number of anilines is 1. The first-order chi connectivity index (χ1) is 14.3. The molecule has 1 aromatic carbocycles. The van der Waals surface area contributed by atoms with Crippen molar-refractivity contribution in [3.05, 3.63) is 58.3 Å². The Balaban J connectivity index is 1.49. The van der Waals surface area contributed by atoms with E-state index in [1.165, 1.54) is 23.9 Å². The summed E-state index contributed by atoms with van der Waals surface area (Å²) in [6.07, 6.45) is 2.13. The quantitative estimate of drug-likeness (QED) is 0.408. The largest absolute Gasteiger partial charge is 0.372 e. The second-order valence-corrected chi connectivity index (χ2v) is 8.83. The van der Waals surface area contributed by atoms with Gasteiger partial charge in [0.15, 0.2) is 0 Å². The Bertz CT molecular complexity index is 866. The molecule has 1 fully saturated rings. The molecule has 0 aliphatic carbocycles. The van der Waals surface area contributed by atoms with E-state index < -0.39 is 4.92 Å². The van der Waals surface area contributed by atoms with Crippen LogP contribution in [0.2, 0.25) is 0 Å². The molecule has 1 aliphatic rings. The Hall–Kier alpha value is -2.65. The summed E-state index contributed by atoms with van der Waals surface area (Å²) in [6, 6.07) is 10.1. The summed E-state index contributed by atoms with van der Waals surface area (Å²) in [7, 11) is 0. The maximum absolute atomic E-state index is 12.4. The molecule has 0 saturated carbocycles. The fourth-order valence-electron chi connectivity index (χ4n) is 3.31. The third kappa shape index (κ3) is 5.93. The summed E-state index contributed by atoms with van der Waals surface area (Å²) in [4.78, 5) is 30.2. The topological polar surface area (TPSA) is 97.6 Å². The summed E-state index contributed by atoms with van der Waals surface area (Å²) in [5, 5.41) is 13.3. The lowest BCUT2D eigenvalue weighted by molar-refractivity contribution is -0.384. The van der Waals surface area contributed by atoms with E-state index in [2.05, 4.69) is 29.0 Å². The molecule has 2 aromatic rings. The van der Waals surface area contributed by atoms with Crippen molar-refractivity contribution in [3.63, 3.8) is 0 Å². The highest BCUT2D eigenvalue weighted by Crippen LogP contribution is 2.25. The van der Waals surface area contributed by atoms with Crippen LogP contribution in [-0.2, 0) is 16.1 Å². The van der Waals surface area contributed by atoms with Crippen molar-refractivity contribution in [3.8, 4) is 0 Å². The van der Waals surface area contributed by atoms with E-state index in [-0.39, 0.29) is 29.1 Å². The number of thioether (sulfide) groups is 1. The molecule has 3 atom stereocenters. The van der Waals surface area contributed by atoms with Crippen molar-refractivity contribution >= 4 is 29.2 Å². The van der Waals surface area contributed by atoms with Crippen molar-refractivity contribution in [1.29, 1.82) is 0 Å². The molecule has 1 N–H and O–H groups in total. The maximum atomic E-state index is 12.4. The zero-order valence-electron chi connectivity index (χ0n) is 17.3. The number of benzene rings is 1. The minimum atomic E-state index is -0.440. The summed E-state index contributed by atoms with van der Waals surface area (Å²) in [6.45, 7) is 7.94. The fourth-order valence-corrected chi connectivity index (χ4v) is 4.20. The molecule has 0 bridgehead atoms. The number of pyridine rings is 1. The molecular formula is C21H26N4O4S. The average Bonchev–Trinajstić information content (AvgIpc) is 2.72. The molecule has 1 aromatic heterocycles. The van der Waals surface area contributed by atoms with Crippen LogP contribution in [0, 0.1) is 10.1 Å². The number of amides is 1. The van der Waals surface area contributed by atoms with Crippen molar-refractivity contribution in [2.45, 2.75) is 49.7 Å². The Morgan fingerprint density at radius 2 is 1.93 bits per heavy atom. The first-order valence-corrected chi connectivity index (χ1v) is 10.7. The fraction of sp³-hybridized carbons (Fsp3) is 0.429. The van der Waals surface area contributed by atoms with Crippen LogP contribution >= 0.6 is 11.8 Å². The summed E-state index contributed by atoms with van der Waals surface area (Å²) in [5.41, 5.74) is 0.961. The number of carbonyl (C=O) groups excluding carboxylic acids is 1. The SMILES string of the molecule is CC1CN(c2ccc(CNC(=O)C(C)Sc3ccc([N+](=O)[O-])cc3)cn2)CC(C)O1. The normalized spacial score (nSPS) is 19.9. The highest BCUT2D eigenvalue weighted by molar-refractivity contribution is 8.00. The monoisotopic (exact) mass is 430 g/mol. The molecule has 1 amide bonds. The van der Waals surface area contributed by atoms with E-state index in [0.29, 0.717) is 6.54 Å². The van der Waals surface area contributed by atoms with Crippen LogP contribution in [0.1, 0.15) is 26.3 Å². The molecule has 8 nitrogen and oxygen atoms in total. The number of rotatable bonds is 7. The first kappa shape index (κ1) is 22.0. The number of morpholine rings is 1. The molecule has 30 heavy (non-hydrogen) atoms. The average molecular weight is 431 g/mol. The van der Waals surface area contributed by atoms with Crippen LogP contribution in [0.3, 0.4) is 0 Å². The Morgan fingerprint density at radius 3 is 2.50 bits per heavy atom. The lowest BCUT2D eigenvalue weighted by Crippen LogP contribution is -2.45. The van der Waals surface area contributed by atoms with Gasteiger partial charge >= 0.3 is 0 Å². The van der Waals surface area contributed by atoms with Gasteiger partial charge in [-0.1, -0.05) is 6.07 Å². The van der Waals surface area contributed by atoms with E-state index in [9.17, 15) is 14.9 Å². The number of aromatic nitrogens is 1. The molecule has 3 unspecified atom stereocenters. The van der Waals surface area contributed by atoms with Gasteiger partial charge < -0.3 is 15.0 Å². The van der Waals surface area contributed by atoms with Gasteiger partial charge in [0.25, 0.3) is 5.69 Å². The van der Waals surface area contributed by atoms with Crippen LogP contribution in [0.5, 0.6) is 0 Å². The molecular weight excluding hydrogens is 404 g/mol. The zero-order valence-corrected chi connectivity index (χ0v) is 18.1. The van der Waals surface area contributed by atoms with Crippen LogP contribution in [0.15, 0.2) is 47.5 Å². The Kier molecular flexibility index (Phi) is 7.28. The minimum Gasteiger partial charge on any atom is -0.372 e. The Morgan fingerprint density at radius 1 is 1.27 bits per heavy atom. The third-order valence-electron chi connectivity index (χ3n) is 4.75. The van der Waals surface area contributed by atoms with Gasteiger partial charge in [-0.15, -0.1) is 11.8 Å². The van der Waals surface area contributed by atoms with Crippen molar-refractivity contribution in [1.82, 2.24) is 10.3 Å². The number of hydrogen-bond acceptors (Lipinski definition) is 7. The Labute approximate surface area is 180 Å². The lowest BCUT2D eigenvalue weighted by Gasteiger charge is -2.36. The van der Waals surface area contributed by atoms with Gasteiger partial charge in [0.05, 0.1) is 22.4 Å². The second kappa shape index (κ2) is 9.90. The molecule has 2 heterocycles. The number of nitro groups is 1. The van der Waals surface area contributed by atoms with Crippen LogP contribution in [0.4, 0.5) is 11.5 Å².